The van der Waals surface area contributed by atoms with Crippen LogP contribution < -0.4 is 10.0 Å². The number of nitrogens with zero attached hydrogens (tertiary/aromatic N) is 2. The number of nitrogens with one attached hydrogen (secondary N) is 2. The van der Waals surface area contributed by atoms with Crippen molar-refractivity contribution < 1.29 is 36.8 Å². The number of Topliss-reactive ketones (excluding diaryl/α,β-unsaturated/α-hetero) is 2. The number of alkyl halides is 1. The van der Waals surface area contributed by atoms with Crippen LogP contribution in [0.3, 0.4) is 0 Å². The molecule has 314 valence electrons. The number of ketones is 2. The molecule has 0 aromatic rings. The Labute approximate surface area is 334 Å². The first-order valence-corrected chi connectivity index (χ1v) is 22.6. The fourth-order valence-electron chi connectivity index (χ4n) is 11.4. The Hall–Kier alpha value is -2.67. The first-order chi connectivity index (χ1) is 25.9. The molecule has 4 saturated carbocycles. The summed E-state index contributed by atoms with van der Waals surface area (Å²) in [6, 6.07) is -2.26. The molecule has 0 bridgehead atoms. The van der Waals surface area contributed by atoms with Crippen molar-refractivity contribution in [2.24, 2.45) is 44.3 Å². The number of carbonyl (C=O) groups is 5. The highest BCUT2D eigenvalue weighted by molar-refractivity contribution is 7.90. The Morgan fingerprint density at radius 2 is 1.57 bits per heavy atom. The number of hydrogen-bond donors (Lipinski definition) is 2. The summed E-state index contributed by atoms with van der Waals surface area (Å²) in [6.45, 7) is 20.3. The van der Waals surface area contributed by atoms with Gasteiger partial charge in [-0.25, -0.2) is 12.8 Å². The van der Waals surface area contributed by atoms with Crippen LogP contribution in [0.5, 0.6) is 0 Å². The van der Waals surface area contributed by atoms with E-state index >= 15 is 4.79 Å². The van der Waals surface area contributed by atoms with Crippen molar-refractivity contribution in [2.75, 3.05) is 26.3 Å². The number of rotatable bonds is 15. The van der Waals surface area contributed by atoms with Crippen molar-refractivity contribution in [3.63, 3.8) is 0 Å². The second kappa shape index (κ2) is 14.6. The van der Waals surface area contributed by atoms with Crippen molar-refractivity contribution in [2.45, 2.75) is 156 Å². The lowest BCUT2D eigenvalue weighted by Crippen LogP contribution is -2.57. The molecule has 56 heavy (non-hydrogen) atoms. The molecule has 0 unspecified atom stereocenters. The van der Waals surface area contributed by atoms with Gasteiger partial charge in [-0.05, 0) is 85.5 Å². The van der Waals surface area contributed by atoms with Gasteiger partial charge in [0.1, 0.15) is 6.67 Å². The molecule has 6 aliphatic rings. The molecule has 4 aliphatic carbocycles. The monoisotopic (exact) mass is 802 g/mol. The number of fused-ring (bicyclic) bond motifs is 1. The molecule has 6 fully saturated rings. The number of allylic oxidation sites excluding steroid dienone is 1. The van der Waals surface area contributed by atoms with Gasteiger partial charge in [-0.3, -0.25) is 33.6 Å². The minimum Gasteiger partial charge on any atom is -0.344 e. The molecule has 0 aromatic carbocycles. The average molecular weight is 803 g/mol. The number of hydrogen-bond acceptors (Lipinski definition) is 8. The van der Waals surface area contributed by atoms with Crippen LogP contribution in [0.1, 0.15) is 132 Å². The number of halogens is 1. The van der Waals surface area contributed by atoms with E-state index in [4.69, 9.17) is 0 Å². The summed E-state index contributed by atoms with van der Waals surface area (Å²) in [7, 11) is -3.84. The summed E-state index contributed by atoms with van der Waals surface area (Å²) < 4.78 is 41.3. The number of sulfonamides is 1. The minimum atomic E-state index is -3.84. The zero-order valence-electron chi connectivity index (χ0n) is 35.1. The van der Waals surface area contributed by atoms with Gasteiger partial charge in [0.25, 0.3) is 0 Å². The summed E-state index contributed by atoms with van der Waals surface area (Å²) in [5.41, 5.74) is -3.02. The van der Waals surface area contributed by atoms with E-state index in [1.165, 1.54) is 0 Å². The number of likely N-dealkylation sites (tertiary alicyclic amines) is 2. The van der Waals surface area contributed by atoms with Gasteiger partial charge in [0, 0.05) is 37.3 Å². The fraction of sp³-hybridized carbons (Fsp3) is 0.837. The van der Waals surface area contributed by atoms with E-state index in [1.807, 2.05) is 46.4 Å². The highest BCUT2D eigenvalue weighted by Crippen LogP contribution is 2.88. The minimum absolute atomic E-state index is 0.00795. The zero-order valence-corrected chi connectivity index (χ0v) is 35.9. The fourth-order valence-corrected chi connectivity index (χ4v) is 12.8. The Bertz CT molecular complexity index is 1740. The maximum Gasteiger partial charge on any atom is 0.240 e. The van der Waals surface area contributed by atoms with Crippen LogP contribution in [-0.2, 0) is 34.0 Å². The van der Waals surface area contributed by atoms with Crippen molar-refractivity contribution >= 4 is 39.3 Å². The van der Waals surface area contributed by atoms with Gasteiger partial charge in [0.15, 0.2) is 11.6 Å². The average Bonchev–Trinajstić information content (AvgIpc) is 4.02. The van der Waals surface area contributed by atoms with Crippen LogP contribution in [0, 0.1) is 44.3 Å². The quantitative estimate of drug-likeness (QED) is 0.206. The van der Waals surface area contributed by atoms with E-state index < -0.39 is 68.1 Å². The predicted octanol–water partition coefficient (Wildman–Crippen LogP) is 5.52. The zero-order chi connectivity index (χ0) is 41.4. The molecule has 2 heterocycles. The van der Waals surface area contributed by atoms with Crippen molar-refractivity contribution in [1.82, 2.24) is 19.8 Å². The molecule has 13 heteroatoms. The molecule has 0 aromatic heterocycles. The van der Waals surface area contributed by atoms with Gasteiger partial charge in [0.2, 0.25) is 27.7 Å². The van der Waals surface area contributed by atoms with Gasteiger partial charge in [-0.15, -0.1) is 6.58 Å². The SMILES string of the molecule is C=C[C@@H]1C[C@]1(CC(=O)[C@@H]1C[C@@]2(CN1C(=O)[C@@H](CC(=O)[C@@H](NC(=O)[C@@H]1CCCCN1CCF)C(C)(C)C)C(C)(C)C)C(C)(C)C21CCC1)C(=O)NS(=O)(=O)C1CC1. The molecule has 7 atom stereocenters. The normalized spacial score (nSPS) is 31.9. The van der Waals surface area contributed by atoms with E-state index in [1.54, 1.807) is 11.0 Å². The van der Waals surface area contributed by atoms with Crippen LogP contribution in [0.15, 0.2) is 12.7 Å². The van der Waals surface area contributed by atoms with E-state index in [2.05, 4.69) is 30.5 Å². The second-order valence-corrected chi connectivity index (χ2v) is 22.9. The molecule has 11 nitrogen and oxygen atoms in total. The molecule has 3 amide bonds. The lowest BCUT2D eigenvalue weighted by atomic mass is 9.73. The lowest BCUT2D eigenvalue weighted by molar-refractivity contribution is -0.147. The third-order valence-corrected chi connectivity index (χ3v) is 17.4. The number of carbonyl (C=O) groups excluding carboxylic acids is 5. The van der Waals surface area contributed by atoms with E-state index in [9.17, 15) is 32.0 Å². The van der Waals surface area contributed by atoms with Crippen LogP contribution >= 0.6 is 0 Å². The highest BCUT2D eigenvalue weighted by Gasteiger charge is 2.85. The summed E-state index contributed by atoms with van der Waals surface area (Å²) >= 11 is 0. The van der Waals surface area contributed by atoms with Crippen LogP contribution in [0.25, 0.3) is 0 Å². The Morgan fingerprint density at radius 1 is 0.911 bits per heavy atom. The molecule has 2 N–H and O–H groups in total. The van der Waals surface area contributed by atoms with Crippen molar-refractivity contribution in [3.05, 3.63) is 12.7 Å². The Kier molecular flexibility index (Phi) is 11.2. The van der Waals surface area contributed by atoms with Gasteiger partial charge in [-0.2, -0.15) is 0 Å². The highest BCUT2D eigenvalue weighted by atomic mass is 32.2. The summed E-state index contributed by atoms with van der Waals surface area (Å²) in [4.78, 5) is 75.3. The Morgan fingerprint density at radius 3 is 2.07 bits per heavy atom. The van der Waals surface area contributed by atoms with E-state index in [0.29, 0.717) is 45.2 Å². The van der Waals surface area contributed by atoms with Crippen LogP contribution in [-0.4, -0.2) is 97.2 Å². The van der Waals surface area contributed by atoms with Crippen molar-refractivity contribution in [3.8, 4) is 0 Å². The molecule has 2 aliphatic heterocycles. The van der Waals surface area contributed by atoms with Crippen molar-refractivity contribution in [1.29, 1.82) is 0 Å². The van der Waals surface area contributed by atoms with Crippen LogP contribution in [0.4, 0.5) is 4.39 Å². The summed E-state index contributed by atoms with van der Waals surface area (Å²) in [6.07, 6.45) is 8.45. The second-order valence-electron chi connectivity index (χ2n) is 21.0. The first kappa shape index (κ1) is 42.9. The molecule has 0 radical (unpaired) electrons. The lowest BCUT2D eigenvalue weighted by Gasteiger charge is -2.39. The third kappa shape index (κ3) is 7.21. The maximum absolute atomic E-state index is 15.2. The first-order valence-electron chi connectivity index (χ1n) is 21.1. The largest absolute Gasteiger partial charge is 0.344 e. The standard InChI is InChI=1S/C43H67FN4O7S/c1-10-27-23-41(27,37(53)46-56(54,55)28-15-16-28)25-33(50)31-24-43(40(8,9)42(43)17-13-18-42)26-48(31)36(52)29(38(2,3)4)22-32(49)34(39(5,6)7)45-35(51)30-14-11-12-20-47(30)21-19-44/h10,27-31,34H,1,11-26H2,2-9H3,(H,45,51)(H,46,53)/t27-,29-,30+,31+,34-,41-,43-/m1/s1. The van der Waals surface area contributed by atoms with Gasteiger partial charge in [-0.1, -0.05) is 74.3 Å². The molecular formula is C43H67FN4O7S. The third-order valence-electron chi connectivity index (χ3n) is 15.5. The summed E-state index contributed by atoms with van der Waals surface area (Å²) in [5.74, 6) is -2.99. The smallest absolute Gasteiger partial charge is 0.240 e. The molecule has 6 rings (SSSR count). The van der Waals surface area contributed by atoms with E-state index in [-0.39, 0.29) is 64.9 Å². The van der Waals surface area contributed by atoms with Gasteiger partial charge in [0.05, 0.1) is 28.8 Å². The number of amides is 3. The van der Waals surface area contributed by atoms with Gasteiger partial charge >= 0.3 is 0 Å². The molecule has 2 saturated heterocycles. The topological polar surface area (TPSA) is 150 Å². The van der Waals surface area contributed by atoms with Gasteiger partial charge < -0.3 is 10.2 Å². The van der Waals surface area contributed by atoms with E-state index in [0.717, 1.165) is 32.1 Å². The maximum atomic E-state index is 15.2. The molecule has 2 spiro atoms. The number of piperidine rings is 1. The molecular weight excluding hydrogens is 736 g/mol. The van der Waals surface area contributed by atoms with Crippen LogP contribution in [0.2, 0.25) is 0 Å². The summed E-state index contributed by atoms with van der Waals surface area (Å²) in [5, 5.41) is 2.43. The Balaban J connectivity index is 1.26. The predicted molar refractivity (Wildman–Crippen MR) is 212 cm³/mol.